The van der Waals surface area contributed by atoms with E-state index in [0.29, 0.717) is 26.3 Å². The van der Waals surface area contributed by atoms with Crippen molar-refractivity contribution in [1.29, 1.82) is 0 Å². The number of benzene rings is 1. The van der Waals surface area contributed by atoms with Gasteiger partial charge in [0.05, 0.1) is 19.7 Å². The molecule has 22 heavy (non-hydrogen) atoms. The first-order valence-corrected chi connectivity index (χ1v) is 8.16. The van der Waals surface area contributed by atoms with E-state index in [2.05, 4.69) is 22.5 Å². The summed E-state index contributed by atoms with van der Waals surface area (Å²) in [6.45, 7) is 6.48. The maximum atomic E-state index is 5.64. The minimum Gasteiger partial charge on any atom is -0.492 e. The van der Waals surface area contributed by atoms with Gasteiger partial charge in [-0.05, 0) is 37.8 Å². The summed E-state index contributed by atoms with van der Waals surface area (Å²) in [5.41, 5.74) is 0. The van der Waals surface area contributed by atoms with Gasteiger partial charge in [0.1, 0.15) is 12.4 Å². The average Bonchev–Trinajstić information content (AvgIpc) is 3.36. The highest BCUT2D eigenvalue weighted by molar-refractivity contribution is 5.79. The molecule has 1 aliphatic carbocycles. The van der Waals surface area contributed by atoms with Gasteiger partial charge < -0.3 is 20.1 Å². The van der Waals surface area contributed by atoms with Crippen molar-refractivity contribution in [1.82, 2.24) is 10.6 Å². The molecule has 1 aromatic rings. The Bertz CT molecular complexity index is 433. The smallest absolute Gasteiger partial charge is 0.191 e. The standard InChI is InChI=1S/C17H27N3O2/c1-2-18-17(19-10-12-21-14-15-8-9-15)20-11-13-22-16-6-4-3-5-7-16/h3-7,15H,2,8-14H2,1H3,(H2,18,19,20). The van der Waals surface area contributed by atoms with E-state index in [4.69, 9.17) is 9.47 Å². The second-order valence-electron chi connectivity index (χ2n) is 5.37. The number of hydrogen-bond donors (Lipinski definition) is 2. The normalized spacial score (nSPS) is 14.7. The highest BCUT2D eigenvalue weighted by atomic mass is 16.5. The summed E-state index contributed by atoms with van der Waals surface area (Å²) >= 11 is 0. The van der Waals surface area contributed by atoms with Crippen LogP contribution in [-0.4, -0.2) is 45.4 Å². The molecule has 1 aliphatic rings. The first-order chi connectivity index (χ1) is 10.9. The lowest BCUT2D eigenvalue weighted by atomic mass is 10.3. The summed E-state index contributed by atoms with van der Waals surface area (Å²) in [5, 5.41) is 6.48. The zero-order valence-corrected chi connectivity index (χ0v) is 13.4. The van der Waals surface area contributed by atoms with Crippen LogP contribution < -0.4 is 15.4 Å². The topological polar surface area (TPSA) is 54.9 Å². The van der Waals surface area contributed by atoms with E-state index in [-0.39, 0.29) is 0 Å². The van der Waals surface area contributed by atoms with Crippen molar-refractivity contribution in [3.63, 3.8) is 0 Å². The average molecular weight is 305 g/mol. The Kier molecular flexibility index (Phi) is 7.60. The molecular formula is C17H27N3O2. The third-order valence-corrected chi connectivity index (χ3v) is 3.31. The van der Waals surface area contributed by atoms with Crippen LogP contribution in [0.3, 0.4) is 0 Å². The van der Waals surface area contributed by atoms with Crippen LogP contribution in [0.5, 0.6) is 5.75 Å². The second kappa shape index (κ2) is 10.1. The SMILES string of the molecule is CCNC(=NCCOCC1CC1)NCCOc1ccccc1. The Labute approximate surface area is 133 Å². The van der Waals surface area contributed by atoms with Gasteiger partial charge in [0.15, 0.2) is 5.96 Å². The third-order valence-electron chi connectivity index (χ3n) is 3.31. The van der Waals surface area contributed by atoms with Crippen LogP contribution in [0.2, 0.25) is 0 Å². The van der Waals surface area contributed by atoms with E-state index >= 15 is 0 Å². The third kappa shape index (κ3) is 7.31. The zero-order valence-electron chi connectivity index (χ0n) is 13.4. The molecule has 0 aliphatic heterocycles. The van der Waals surface area contributed by atoms with Gasteiger partial charge in [-0.2, -0.15) is 0 Å². The maximum Gasteiger partial charge on any atom is 0.191 e. The lowest BCUT2D eigenvalue weighted by molar-refractivity contribution is 0.131. The minimum absolute atomic E-state index is 0.604. The molecule has 0 heterocycles. The predicted octanol–water partition coefficient (Wildman–Crippen LogP) is 2.05. The largest absolute Gasteiger partial charge is 0.492 e. The molecule has 5 heteroatoms. The summed E-state index contributed by atoms with van der Waals surface area (Å²) < 4.78 is 11.2. The van der Waals surface area contributed by atoms with Crippen molar-refractivity contribution in [2.24, 2.45) is 10.9 Å². The summed E-state index contributed by atoms with van der Waals surface area (Å²) in [6.07, 6.45) is 2.66. The van der Waals surface area contributed by atoms with Gasteiger partial charge in [0.2, 0.25) is 0 Å². The molecule has 1 saturated carbocycles. The fourth-order valence-corrected chi connectivity index (χ4v) is 1.95. The van der Waals surface area contributed by atoms with E-state index in [1.807, 2.05) is 30.3 Å². The van der Waals surface area contributed by atoms with Crippen molar-refractivity contribution < 1.29 is 9.47 Å². The Hall–Kier alpha value is -1.75. The van der Waals surface area contributed by atoms with Crippen LogP contribution in [0.25, 0.3) is 0 Å². The summed E-state index contributed by atoms with van der Waals surface area (Å²) in [4.78, 5) is 4.49. The van der Waals surface area contributed by atoms with Gasteiger partial charge in [-0.1, -0.05) is 18.2 Å². The van der Waals surface area contributed by atoms with Crippen molar-refractivity contribution in [3.8, 4) is 5.75 Å². The number of nitrogens with one attached hydrogen (secondary N) is 2. The van der Waals surface area contributed by atoms with E-state index in [0.717, 1.165) is 30.8 Å². The van der Waals surface area contributed by atoms with Crippen LogP contribution >= 0.6 is 0 Å². The molecule has 5 nitrogen and oxygen atoms in total. The Balaban J connectivity index is 1.57. The number of nitrogens with zero attached hydrogens (tertiary/aromatic N) is 1. The summed E-state index contributed by atoms with van der Waals surface area (Å²) in [6, 6.07) is 9.82. The van der Waals surface area contributed by atoms with Gasteiger partial charge in [0.25, 0.3) is 0 Å². The first-order valence-electron chi connectivity index (χ1n) is 8.16. The molecule has 0 unspecified atom stereocenters. The lowest BCUT2D eigenvalue weighted by Gasteiger charge is -2.12. The summed E-state index contributed by atoms with van der Waals surface area (Å²) in [5.74, 6) is 2.51. The van der Waals surface area contributed by atoms with E-state index in [1.165, 1.54) is 12.8 Å². The number of rotatable bonds is 10. The van der Waals surface area contributed by atoms with Crippen molar-refractivity contribution >= 4 is 5.96 Å². The lowest BCUT2D eigenvalue weighted by Crippen LogP contribution is -2.39. The molecule has 2 N–H and O–H groups in total. The highest BCUT2D eigenvalue weighted by Gasteiger charge is 2.20. The molecule has 1 aromatic carbocycles. The molecule has 0 amide bonds. The van der Waals surface area contributed by atoms with E-state index in [1.54, 1.807) is 0 Å². The van der Waals surface area contributed by atoms with Crippen LogP contribution in [0.1, 0.15) is 19.8 Å². The Morgan fingerprint density at radius 1 is 1.18 bits per heavy atom. The molecule has 0 atom stereocenters. The zero-order chi connectivity index (χ0) is 15.5. The van der Waals surface area contributed by atoms with E-state index in [9.17, 15) is 0 Å². The molecule has 0 aromatic heterocycles. The highest BCUT2D eigenvalue weighted by Crippen LogP contribution is 2.28. The van der Waals surface area contributed by atoms with Gasteiger partial charge in [-0.15, -0.1) is 0 Å². The minimum atomic E-state index is 0.604. The molecule has 122 valence electrons. The first kappa shape index (κ1) is 16.6. The number of ether oxygens (including phenoxy) is 2. The molecule has 0 bridgehead atoms. The van der Waals surface area contributed by atoms with Gasteiger partial charge >= 0.3 is 0 Å². The summed E-state index contributed by atoms with van der Waals surface area (Å²) in [7, 11) is 0. The predicted molar refractivity (Wildman–Crippen MR) is 89.5 cm³/mol. The second-order valence-corrected chi connectivity index (χ2v) is 5.37. The molecule has 1 fully saturated rings. The van der Waals surface area contributed by atoms with Crippen LogP contribution in [0.4, 0.5) is 0 Å². The number of hydrogen-bond acceptors (Lipinski definition) is 3. The van der Waals surface area contributed by atoms with Crippen molar-refractivity contribution in [2.75, 3.05) is 39.5 Å². The van der Waals surface area contributed by atoms with Gasteiger partial charge in [-0.3, -0.25) is 4.99 Å². The fraction of sp³-hybridized carbons (Fsp3) is 0.588. The van der Waals surface area contributed by atoms with E-state index < -0.39 is 0 Å². The van der Waals surface area contributed by atoms with Crippen molar-refractivity contribution in [3.05, 3.63) is 30.3 Å². The van der Waals surface area contributed by atoms with Gasteiger partial charge in [-0.25, -0.2) is 0 Å². The molecular weight excluding hydrogens is 278 g/mol. The van der Waals surface area contributed by atoms with Crippen LogP contribution in [0, 0.1) is 5.92 Å². The van der Waals surface area contributed by atoms with Crippen molar-refractivity contribution in [2.45, 2.75) is 19.8 Å². The Morgan fingerprint density at radius 2 is 2.00 bits per heavy atom. The molecule has 0 spiro atoms. The molecule has 0 radical (unpaired) electrons. The van der Waals surface area contributed by atoms with Crippen LogP contribution in [-0.2, 0) is 4.74 Å². The molecule has 2 rings (SSSR count). The van der Waals surface area contributed by atoms with Gasteiger partial charge in [0, 0.05) is 13.2 Å². The van der Waals surface area contributed by atoms with Crippen LogP contribution in [0.15, 0.2) is 35.3 Å². The maximum absolute atomic E-state index is 5.64. The monoisotopic (exact) mass is 305 g/mol. The number of aliphatic imine (C=N–C) groups is 1. The Morgan fingerprint density at radius 3 is 2.73 bits per heavy atom. The number of guanidine groups is 1. The molecule has 0 saturated heterocycles. The quantitative estimate of drug-likeness (QED) is 0.395. The fourth-order valence-electron chi connectivity index (χ4n) is 1.95. The number of para-hydroxylation sites is 1.